The molecule has 2 aromatic carbocycles. The van der Waals surface area contributed by atoms with E-state index in [2.05, 4.69) is 15.3 Å². The molecule has 4 aromatic rings. The van der Waals surface area contributed by atoms with Gasteiger partial charge in [0.05, 0.1) is 0 Å². The van der Waals surface area contributed by atoms with E-state index in [1.165, 1.54) is 11.3 Å². The highest BCUT2D eigenvalue weighted by Crippen LogP contribution is 2.29. The van der Waals surface area contributed by atoms with Gasteiger partial charge in [-0.2, -0.15) is 9.61 Å². The van der Waals surface area contributed by atoms with Crippen LogP contribution in [0, 0.1) is 0 Å². The molecular formula is C15H10N4OS. The Labute approximate surface area is 124 Å². The highest BCUT2D eigenvalue weighted by Gasteiger charge is 2.14. The first kappa shape index (κ1) is 12.0. The van der Waals surface area contributed by atoms with E-state index in [4.69, 9.17) is 0 Å². The van der Waals surface area contributed by atoms with Crippen molar-refractivity contribution < 1.29 is 5.11 Å². The standard InChI is InChI=1S/C15H10N4OS/c20-12-8-4-7-11(9-12)14-18-19-13(16-17-15(19)21-14)10-5-2-1-3-6-10/h1-9,20H. The molecule has 0 spiro atoms. The molecule has 2 heterocycles. The van der Waals surface area contributed by atoms with Crippen LogP contribution in [0.3, 0.4) is 0 Å². The molecule has 6 heteroatoms. The summed E-state index contributed by atoms with van der Waals surface area (Å²) >= 11 is 1.44. The second kappa shape index (κ2) is 4.68. The van der Waals surface area contributed by atoms with Crippen molar-refractivity contribution in [3.8, 4) is 27.7 Å². The minimum Gasteiger partial charge on any atom is -0.508 e. The normalized spacial score (nSPS) is 11.0. The lowest BCUT2D eigenvalue weighted by Crippen LogP contribution is -1.90. The van der Waals surface area contributed by atoms with Crippen LogP contribution in [-0.4, -0.2) is 24.9 Å². The molecular weight excluding hydrogens is 284 g/mol. The summed E-state index contributed by atoms with van der Waals surface area (Å²) in [5.41, 5.74) is 1.84. The smallest absolute Gasteiger partial charge is 0.235 e. The molecule has 0 atom stereocenters. The molecule has 0 radical (unpaired) electrons. The molecule has 0 aliphatic heterocycles. The fourth-order valence-electron chi connectivity index (χ4n) is 2.14. The van der Waals surface area contributed by atoms with Crippen molar-refractivity contribution in [3.63, 3.8) is 0 Å². The maximum absolute atomic E-state index is 9.57. The van der Waals surface area contributed by atoms with E-state index in [0.29, 0.717) is 5.82 Å². The Morgan fingerprint density at radius 1 is 0.905 bits per heavy atom. The Morgan fingerprint density at radius 2 is 1.71 bits per heavy atom. The average molecular weight is 294 g/mol. The number of hydrogen-bond donors (Lipinski definition) is 1. The minimum absolute atomic E-state index is 0.224. The Kier molecular flexibility index (Phi) is 2.68. The van der Waals surface area contributed by atoms with Gasteiger partial charge in [0, 0.05) is 11.1 Å². The summed E-state index contributed by atoms with van der Waals surface area (Å²) in [5.74, 6) is 0.940. The summed E-state index contributed by atoms with van der Waals surface area (Å²) in [6.07, 6.45) is 0. The highest BCUT2D eigenvalue weighted by molar-refractivity contribution is 7.19. The second-order valence-corrected chi connectivity index (χ2v) is 5.50. The molecule has 21 heavy (non-hydrogen) atoms. The summed E-state index contributed by atoms with van der Waals surface area (Å²) in [6.45, 7) is 0. The first-order valence-corrected chi connectivity index (χ1v) is 7.20. The predicted molar refractivity (Wildman–Crippen MR) is 81.2 cm³/mol. The number of aromatic nitrogens is 4. The first-order valence-electron chi connectivity index (χ1n) is 6.38. The number of benzene rings is 2. The zero-order valence-corrected chi connectivity index (χ0v) is 11.7. The summed E-state index contributed by atoms with van der Waals surface area (Å²) in [6, 6.07) is 16.9. The van der Waals surface area contributed by atoms with Gasteiger partial charge < -0.3 is 5.11 Å². The van der Waals surface area contributed by atoms with Gasteiger partial charge in [0.15, 0.2) is 5.82 Å². The fraction of sp³-hybridized carbons (Fsp3) is 0. The molecule has 0 bridgehead atoms. The number of rotatable bonds is 2. The molecule has 0 saturated heterocycles. The number of phenolic OH excluding ortho intramolecular Hbond substituents is 1. The summed E-state index contributed by atoms with van der Waals surface area (Å²) in [4.78, 5) is 0.729. The lowest BCUT2D eigenvalue weighted by molar-refractivity contribution is 0.475. The Bertz CT molecular complexity index is 914. The molecule has 102 valence electrons. The van der Waals surface area contributed by atoms with Crippen LogP contribution < -0.4 is 0 Å². The number of phenols is 1. The Balaban J connectivity index is 1.87. The van der Waals surface area contributed by atoms with Crippen molar-refractivity contribution in [2.24, 2.45) is 0 Å². The van der Waals surface area contributed by atoms with Gasteiger partial charge in [-0.25, -0.2) is 0 Å². The maximum Gasteiger partial charge on any atom is 0.235 e. The van der Waals surface area contributed by atoms with Crippen molar-refractivity contribution in [2.75, 3.05) is 0 Å². The van der Waals surface area contributed by atoms with Crippen LogP contribution in [0.1, 0.15) is 0 Å². The molecule has 0 unspecified atom stereocenters. The summed E-state index contributed by atoms with van der Waals surface area (Å²) in [7, 11) is 0. The zero-order valence-electron chi connectivity index (χ0n) is 10.8. The maximum atomic E-state index is 9.57. The molecule has 5 nitrogen and oxygen atoms in total. The lowest BCUT2D eigenvalue weighted by Gasteiger charge is -1.97. The Morgan fingerprint density at radius 3 is 2.52 bits per heavy atom. The summed E-state index contributed by atoms with van der Waals surface area (Å²) in [5, 5.41) is 23.3. The van der Waals surface area contributed by atoms with E-state index < -0.39 is 0 Å². The van der Waals surface area contributed by atoms with E-state index in [-0.39, 0.29) is 5.75 Å². The van der Waals surface area contributed by atoms with Gasteiger partial charge in [-0.05, 0) is 12.1 Å². The molecule has 0 aliphatic rings. The monoisotopic (exact) mass is 294 g/mol. The number of aromatic hydroxyl groups is 1. The van der Waals surface area contributed by atoms with Crippen molar-refractivity contribution in [3.05, 3.63) is 54.6 Å². The fourth-order valence-corrected chi connectivity index (χ4v) is 2.98. The molecule has 0 amide bonds. The summed E-state index contributed by atoms with van der Waals surface area (Å²) < 4.78 is 1.74. The number of nitrogens with zero attached hydrogens (tertiary/aromatic N) is 4. The average Bonchev–Trinajstić information content (AvgIpc) is 3.08. The number of fused-ring (bicyclic) bond motifs is 1. The molecule has 0 fully saturated rings. The Hall–Kier alpha value is -2.73. The van der Waals surface area contributed by atoms with Gasteiger partial charge in [-0.3, -0.25) is 0 Å². The molecule has 1 N–H and O–H groups in total. The van der Waals surface area contributed by atoms with Crippen LogP contribution >= 0.6 is 11.3 Å². The third-order valence-corrected chi connectivity index (χ3v) is 4.06. The first-order chi connectivity index (χ1) is 10.3. The van der Waals surface area contributed by atoms with E-state index in [1.807, 2.05) is 36.4 Å². The van der Waals surface area contributed by atoms with Crippen molar-refractivity contribution in [1.29, 1.82) is 0 Å². The SMILES string of the molecule is Oc1cccc(-c2nn3c(-c4ccccc4)nnc3s2)c1. The molecule has 4 rings (SSSR count). The van der Waals surface area contributed by atoms with E-state index in [0.717, 1.165) is 21.1 Å². The van der Waals surface area contributed by atoms with E-state index in [9.17, 15) is 5.11 Å². The van der Waals surface area contributed by atoms with Crippen LogP contribution in [0.2, 0.25) is 0 Å². The third-order valence-electron chi connectivity index (χ3n) is 3.12. The predicted octanol–water partition coefficient (Wildman–Crippen LogP) is 3.23. The zero-order chi connectivity index (χ0) is 14.2. The highest BCUT2D eigenvalue weighted by atomic mass is 32.1. The van der Waals surface area contributed by atoms with Gasteiger partial charge in [0.2, 0.25) is 4.96 Å². The van der Waals surface area contributed by atoms with Gasteiger partial charge >= 0.3 is 0 Å². The van der Waals surface area contributed by atoms with Crippen molar-refractivity contribution in [2.45, 2.75) is 0 Å². The minimum atomic E-state index is 0.224. The molecule has 0 saturated carbocycles. The van der Waals surface area contributed by atoms with Crippen molar-refractivity contribution >= 4 is 16.3 Å². The van der Waals surface area contributed by atoms with Crippen LogP contribution in [-0.2, 0) is 0 Å². The van der Waals surface area contributed by atoms with E-state index in [1.54, 1.807) is 22.7 Å². The molecule has 2 aromatic heterocycles. The van der Waals surface area contributed by atoms with Gasteiger partial charge in [0.25, 0.3) is 0 Å². The molecule has 0 aliphatic carbocycles. The largest absolute Gasteiger partial charge is 0.508 e. The third kappa shape index (κ3) is 2.05. The van der Waals surface area contributed by atoms with Crippen LogP contribution in [0.15, 0.2) is 54.6 Å². The van der Waals surface area contributed by atoms with Gasteiger partial charge in [-0.1, -0.05) is 53.8 Å². The number of hydrogen-bond acceptors (Lipinski definition) is 5. The second-order valence-electron chi connectivity index (χ2n) is 4.54. The van der Waals surface area contributed by atoms with E-state index >= 15 is 0 Å². The van der Waals surface area contributed by atoms with Crippen LogP contribution in [0.4, 0.5) is 0 Å². The quantitative estimate of drug-likeness (QED) is 0.616. The van der Waals surface area contributed by atoms with Crippen LogP contribution in [0.25, 0.3) is 26.9 Å². The topological polar surface area (TPSA) is 63.3 Å². The van der Waals surface area contributed by atoms with Gasteiger partial charge in [0.1, 0.15) is 10.8 Å². The van der Waals surface area contributed by atoms with Crippen molar-refractivity contribution in [1.82, 2.24) is 19.8 Å². The lowest BCUT2D eigenvalue weighted by atomic mass is 10.2. The van der Waals surface area contributed by atoms with Gasteiger partial charge in [-0.15, -0.1) is 10.2 Å². The van der Waals surface area contributed by atoms with Crippen LogP contribution in [0.5, 0.6) is 5.75 Å².